The van der Waals surface area contributed by atoms with Crippen LogP contribution in [0.3, 0.4) is 0 Å². The second-order valence-electron chi connectivity index (χ2n) is 5.11. The predicted octanol–water partition coefficient (Wildman–Crippen LogP) is 2.59. The maximum atomic E-state index is 10.8. The molecule has 3 atom stereocenters. The molecule has 1 fully saturated rings. The topological polar surface area (TPSA) is 81.8 Å². The highest BCUT2D eigenvalue weighted by Crippen LogP contribution is 2.30. The SMILES string of the molecule is CC1CCC(COc2ccc([N+](=O)[O-])cc2[C@@H](C)O)O1. The highest BCUT2D eigenvalue weighted by molar-refractivity contribution is 5.44. The summed E-state index contributed by atoms with van der Waals surface area (Å²) in [6.07, 6.45) is 1.42. The Morgan fingerprint density at radius 2 is 2.30 bits per heavy atom. The summed E-state index contributed by atoms with van der Waals surface area (Å²) >= 11 is 0. The second-order valence-corrected chi connectivity index (χ2v) is 5.11. The largest absolute Gasteiger partial charge is 0.490 e. The van der Waals surface area contributed by atoms with Gasteiger partial charge < -0.3 is 14.6 Å². The molecule has 0 saturated carbocycles. The summed E-state index contributed by atoms with van der Waals surface area (Å²) in [6.45, 7) is 3.97. The van der Waals surface area contributed by atoms with E-state index in [0.29, 0.717) is 17.9 Å². The van der Waals surface area contributed by atoms with Gasteiger partial charge in [-0.3, -0.25) is 10.1 Å². The minimum atomic E-state index is -0.826. The molecule has 110 valence electrons. The molecular formula is C14H19NO5. The fourth-order valence-electron chi connectivity index (χ4n) is 2.30. The summed E-state index contributed by atoms with van der Waals surface area (Å²) in [5, 5.41) is 20.5. The molecule has 0 aromatic heterocycles. The fraction of sp³-hybridized carbons (Fsp3) is 0.571. The number of benzene rings is 1. The number of aliphatic hydroxyl groups excluding tert-OH is 1. The van der Waals surface area contributed by atoms with E-state index in [0.717, 1.165) is 12.8 Å². The van der Waals surface area contributed by atoms with Gasteiger partial charge in [-0.25, -0.2) is 0 Å². The van der Waals surface area contributed by atoms with Crippen molar-refractivity contribution in [3.63, 3.8) is 0 Å². The van der Waals surface area contributed by atoms with Crippen molar-refractivity contribution in [2.45, 2.75) is 45.0 Å². The Bertz CT molecular complexity index is 488. The molecule has 1 heterocycles. The van der Waals surface area contributed by atoms with E-state index in [1.807, 2.05) is 6.92 Å². The summed E-state index contributed by atoms with van der Waals surface area (Å²) < 4.78 is 11.3. The van der Waals surface area contributed by atoms with E-state index in [2.05, 4.69) is 0 Å². The van der Waals surface area contributed by atoms with Crippen LogP contribution in [0.25, 0.3) is 0 Å². The molecule has 0 radical (unpaired) electrons. The molecule has 1 saturated heterocycles. The summed E-state index contributed by atoms with van der Waals surface area (Å²) in [6, 6.07) is 4.25. The highest BCUT2D eigenvalue weighted by Gasteiger charge is 2.23. The smallest absolute Gasteiger partial charge is 0.270 e. The number of hydrogen-bond acceptors (Lipinski definition) is 5. The Labute approximate surface area is 117 Å². The lowest BCUT2D eigenvalue weighted by Crippen LogP contribution is -2.18. The Morgan fingerprint density at radius 3 is 2.85 bits per heavy atom. The number of non-ortho nitro benzene ring substituents is 1. The van der Waals surface area contributed by atoms with Crippen LogP contribution in [0.1, 0.15) is 38.4 Å². The Hall–Kier alpha value is -1.66. The van der Waals surface area contributed by atoms with E-state index in [1.165, 1.54) is 18.2 Å². The van der Waals surface area contributed by atoms with Gasteiger partial charge in [0.1, 0.15) is 12.4 Å². The lowest BCUT2D eigenvalue weighted by atomic mass is 10.1. The Kier molecular flexibility index (Phi) is 4.57. The van der Waals surface area contributed by atoms with Gasteiger partial charge in [0.05, 0.1) is 23.2 Å². The average Bonchev–Trinajstić information content (AvgIpc) is 2.81. The monoisotopic (exact) mass is 281 g/mol. The summed E-state index contributed by atoms with van der Waals surface area (Å²) in [5.74, 6) is 0.466. The first-order valence-corrected chi connectivity index (χ1v) is 6.72. The summed E-state index contributed by atoms with van der Waals surface area (Å²) in [5.41, 5.74) is 0.365. The van der Waals surface area contributed by atoms with Gasteiger partial charge in [0, 0.05) is 17.7 Å². The zero-order valence-electron chi connectivity index (χ0n) is 11.6. The number of nitro groups is 1. The van der Waals surface area contributed by atoms with E-state index < -0.39 is 11.0 Å². The Morgan fingerprint density at radius 1 is 1.55 bits per heavy atom. The van der Waals surface area contributed by atoms with Crippen LogP contribution in [0.2, 0.25) is 0 Å². The second kappa shape index (κ2) is 6.19. The summed E-state index contributed by atoms with van der Waals surface area (Å²) in [4.78, 5) is 10.3. The van der Waals surface area contributed by atoms with Gasteiger partial charge in [-0.2, -0.15) is 0 Å². The van der Waals surface area contributed by atoms with Gasteiger partial charge in [-0.05, 0) is 32.8 Å². The van der Waals surface area contributed by atoms with Gasteiger partial charge >= 0.3 is 0 Å². The minimum absolute atomic E-state index is 0.0436. The number of ether oxygens (including phenoxy) is 2. The molecule has 1 aromatic carbocycles. The zero-order valence-corrected chi connectivity index (χ0v) is 11.6. The predicted molar refractivity (Wildman–Crippen MR) is 72.8 cm³/mol. The molecule has 0 aliphatic carbocycles. The van der Waals surface area contributed by atoms with Crippen LogP contribution in [-0.4, -0.2) is 28.8 Å². The molecule has 0 spiro atoms. The molecule has 20 heavy (non-hydrogen) atoms. The van der Waals surface area contributed by atoms with Crippen LogP contribution in [0.15, 0.2) is 18.2 Å². The Balaban J connectivity index is 2.08. The van der Waals surface area contributed by atoms with Crippen molar-refractivity contribution in [1.29, 1.82) is 0 Å². The molecule has 1 aromatic rings. The third kappa shape index (κ3) is 3.46. The van der Waals surface area contributed by atoms with Crippen LogP contribution in [0.4, 0.5) is 5.69 Å². The van der Waals surface area contributed by atoms with E-state index in [9.17, 15) is 15.2 Å². The number of nitro benzene ring substituents is 1. The quantitative estimate of drug-likeness (QED) is 0.662. The van der Waals surface area contributed by atoms with Crippen molar-refractivity contribution in [1.82, 2.24) is 0 Å². The van der Waals surface area contributed by atoms with Gasteiger partial charge in [0.2, 0.25) is 0 Å². The molecule has 1 N–H and O–H groups in total. The normalized spacial score (nSPS) is 23.6. The highest BCUT2D eigenvalue weighted by atomic mass is 16.6. The van der Waals surface area contributed by atoms with Crippen LogP contribution in [0.5, 0.6) is 5.75 Å². The number of rotatable bonds is 5. The van der Waals surface area contributed by atoms with Gasteiger partial charge in [0.25, 0.3) is 5.69 Å². The molecule has 6 nitrogen and oxygen atoms in total. The third-order valence-corrected chi connectivity index (χ3v) is 3.40. The van der Waals surface area contributed by atoms with E-state index >= 15 is 0 Å². The minimum Gasteiger partial charge on any atom is -0.490 e. The van der Waals surface area contributed by atoms with Crippen molar-refractivity contribution in [2.24, 2.45) is 0 Å². The van der Waals surface area contributed by atoms with Crippen LogP contribution in [-0.2, 0) is 4.74 Å². The fourth-order valence-corrected chi connectivity index (χ4v) is 2.30. The average molecular weight is 281 g/mol. The molecule has 2 rings (SSSR count). The van der Waals surface area contributed by atoms with E-state index in [4.69, 9.17) is 9.47 Å². The molecule has 2 unspecified atom stereocenters. The van der Waals surface area contributed by atoms with Crippen molar-refractivity contribution in [3.05, 3.63) is 33.9 Å². The van der Waals surface area contributed by atoms with E-state index in [1.54, 1.807) is 6.92 Å². The van der Waals surface area contributed by atoms with Crippen molar-refractivity contribution >= 4 is 5.69 Å². The van der Waals surface area contributed by atoms with E-state index in [-0.39, 0.29) is 17.9 Å². The van der Waals surface area contributed by atoms with Crippen molar-refractivity contribution in [3.8, 4) is 5.75 Å². The summed E-state index contributed by atoms with van der Waals surface area (Å²) in [7, 11) is 0. The lowest BCUT2D eigenvalue weighted by Gasteiger charge is -2.16. The van der Waals surface area contributed by atoms with Gasteiger partial charge in [-0.1, -0.05) is 0 Å². The molecule has 0 bridgehead atoms. The molecular weight excluding hydrogens is 262 g/mol. The molecule has 6 heteroatoms. The standard InChI is InChI=1S/C14H19NO5/c1-9-3-5-12(20-9)8-19-14-6-4-11(15(17)18)7-13(14)10(2)16/h4,6-7,9-10,12,16H,3,5,8H2,1-2H3/t9?,10-,12?/m1/s1. The maximum Gasteiger partial charge on any atom is 0.270 e. The number of hydrogen-bond donors (Lipinski definition) is 1. The molecule has 0 amide bonds. The van der Waals surface area contributed by atoms with Crippen LogP contribution < -0.4 is 4.74 Å². The molecule has 1 aliphatic heterocycles. The van der Waals surface area contributed by atoms with Crippen LogP contribution >= 0.6 is 0 Å². The van der Waals surface area contributed by atoms with Crippen LogP contribution in [0, 0.1) is 10.1 Å². The number of aliphatic hydroxyl groups is 1. The molecule has 1 aliphatic rings. The first-order chi connectivity index (χ1) is 9.47. The van der Waals surface area contributed by atoms with Gasteiger partial charge in [0.15, 0.2) is 0 Å². The maximum absolute atomic E-state index is 10.8. The zero-order chi connectivity index (χ0) is 14.7. The third-order valence-electron chi connectivity index (χ3n) is 3.40. The first kappa shape index (κ1) is 14.7. The van der Waals surface area contributed by atoms with Crippen molar-refractivity contribution in [2.75, 3.05) is 6.61 Å². The lowest BCUT2D eigenvalue weighted by molar-refractivity contribution is -0.385. The van der Waals surface area contributed by atoms with Crippen molar-refractivity contribution < 1.29 is 19.5 Å². The van der Waals surface area contributed by atoms with Gasteiger partial charge in [-0.15, -0.1) is 0 Å². The first-order valence-electron chi connectivity index (χ1n) is 6.72. The number of nitrogens with zero attached hydrogens (tertiary/aromatic N) is 1.